The molecule has 2 rings (SSSR count). The number of aromatic nitrogens is 4. The van der Waals surface area contributed by atoms with E-state index in [1.54, 1.807) is 5.51 Å². The van der Waals surface area contributed by atoms with Crippen LogP contribution in [0.25, 0.3) is 0 Å². The van der Waals surface area contributed by atoms with Crippen LogP contribution in [0.2, 0.25) is 0 Å². The second kappa shape index (κ2) is 4.19. The fourth-order valence-corrected chi connectivity index (χ4v) is 2.81. The molecule has 15 heavy (non-hydrogen) atoms. The first-order chi connectivity index (χ1) is 7.22. The van der Waals surface area contributed by atoms with Gasteiger partial charge in [0.25, 0.3) is 0 Å². The van der Waals surface area contributed by atoms with Crippen molar-refractivity contribution < 1.29 is 0 Å². The number of hydrogen-bond donors (Lipinski definition) is 1. The third kappa shape index (κ3) is 1.98. The largest absolute Gasteiger partial charge is 0.395 e. The minimum atomic E-state index is 0.733. The van der Waals surface area contributed by atoms with Gasteiger partial charge in [0.05, 0.1) is 11.4 Å². The predicted molar refractivity (Wildman–Crippen MR) is 61.1 cm³/mol. The summed E-state index contributed by atoms with van der Waals surface area (Å²) in [5.74, 6) is 0. The van der Waals surface area contributed by atoms with E-state index in [0.717, 1.165) is 27.3 Å². The Morgan fingerprint density at radius 1 is 1.60 bits per heavy atom. The number of nitrogen functional groups attached to an aromatic ring is 1. The molecule has 2 aromatic rings. The molecule has 0 spiro atoms. The van der Waals surface area contributed by atoms with E-state index >= 15 is 0 Å². The summed E-state index contributed by atoms with van der Waals surface area (Å²) in [4.78, 5) is 0. The van der Waals surface area contributed by atoms with Crippen molar-refractivity contribution in [3.8, 4) is 0 Å². The van der Waals surface area contributed by atoms with Gasteiger partial charge in [-0.3, -0.25) is 4.68 Å². The van der Waals surface area contributed by atoms with Crippen molar-refractivity contribution in [1.82, 2.24) is 20.0 Å². The van der Waals surface area contributed by atoms with Crippen LogP contribution in [0.4, 0.5) is 5.69 Å². The first kappa shape index (κ1) is 10.4. The average Bonchev–Trinajstić information content (AvgIpc) is 2.82. The van der Waals surface area contributed by atoms with Crippen molar-refractivity contribution in [3.05, 3.63) is 11.2 Å². The molecule has 0 atom stereocenters. The molecule has 0 aromatic carbocycles. The zero-order valence-corrected chi connectivity index (χ0v) is 10.1. The van der Waals surface area contributed by atoms with Gasteiger partial charge < -0.3 is 5.73 Å². The van der Waals surface area contributed by atoms with Crippen molar-refractivity contribution in [2.75, 3.05) is 5.73 Å². The lowest BCUT2D eigenvalue weighted by Gasteiger charge is -2.01. The summed E-state index contributed by atoms with van der Waals surface area (Å²) in [5.41, 5.74) is 9.25. The molecule has 0 saturated heterocycles. The van der Waals surface area contributed by atoms with Crippen molar-refractivity contribution >= 4 is 28.8 Å². The smallest absolute Gasteiger partial charge is 0.180 e. The Morgan fingerprint density at radius 3 is 3.00 bits per heavy atom. The summed E-state index contributed by atoms with van der Waals surface area (Å²) in [7, 11) is 0. The molecular weight excluding hydrogens is 230 g/mol. The zero-order valence-electron chi connectivity index (χ0n) is 8.47. The fraction of sp³-hybridized carbons (Fsp3) is 0.375. The second-order valence-electron chi connectivity index (χ2n) is 2.93. The number of rotatable bonds is 3. The molecule has 2 heterocycles. The van der Waals surface area contributed by atoms with Crippen LogP contribution >= 0.6 is 23.1 Å². The van der Waals surface area contributed by atoms with Crippen LogP contribution in [-0.2, 0) is 6.54 Å². The van der Waals surface area contributed by atoms with Crippen LogP contribution in [0.1, 0.15) is 12.6 Å². The molecular formula is C8H11N5S2. The van der Waals surface area contributed by atoms with Crippen LogP contribution in [0.15, 0.2) is 14.9 Å². The Hall–Kier alpha value is -1.08. The van der Waals surface area contributed by atoms with Gasteiger partial charge in [-0.25, -0.2) is 0 Å². The van der Waals surface area contributed by atoms with Gasteiger partial charge in [0.15, 0.2) is 4.34 Å². The molecule has 0 radical (unpaired) electrons. The van der Waals surface area contributed by atoms with E-state index < -0.39 is 0 Å². The molecule has 0 fully saturated rings. The van der Waals surface area contributed by atoms with E-state index in [0.29, 0.717) is 0 Å². The lowest BCUT2D eigenvalue weighted by molar-refractivity contribution is 0.602. The Balaban J connectivity index is 2.34. The molecule has 5 nitrogen and oxygen atoms in total. The van der Waals surface area contributed by atoms with Gasteiger partial charge in [-0.2, -0.15) is 5.10 Å². The number of anilines is 1. The van der Waals surface area contributed by atoms with Crippen LogP contribution in [0, 0.1) is 6.92 Å². The highest BCUT2D eigenvalue weighted by Crippen LogP contribution is 2.34. The Morgan fingerprint density at radius 2 is 2.40 bits per heavy atom. The normalized spacial score (nSPS) is 10.8. The fourth-order valence-electron chi connectivity index (χ4n) is 1.19. The molecule has 7 heteroatoms. The van der Waals surface area contributed by atoms with E-state index in [-0.39, 0.29) is 0 Å². The lowest BCUT2D eigenvalue weighted by atomic mass is 10.4. The molecule has 0 aliphatic carbocycles. The van der Waals surface area contributed by atoms with Gasteiger partial charge in [-0.1, -0.05) is 11.3 Å². The summed E-state index contributed by atoms with van der Waals surface area (Å²) < 4.78 is 2.77. The van der Waals surface area contributed by atoms with Gasteiger partial charge in [0, 0.05) is 6.54 Å². The van der Waals surface area contributed by atoms with Gasteiger partial charge in [0.1, 0.15) is 10.5 Å². The molecule has 0 aliphatic rings. The third-order valence-electron chi connectivity index (χ3n) is 1.95. The maximum Gasteiger partial charge on any atom is 0.180 e. The molecule has 0 unspecified atom stereocenters. The number of hydrogen-bond acceptors (Lipinski definition) is 6. The first-order valence-electron chi connectivity index (χ1n) is 4.49. The summed E-state index contributed by atoms with van der Waals surface area (Å²) in [6.07, 6.45) is 0. The third-order valence-corrected chi connectivity index (χ3v) is 3.85. The molecule has 0 saturated carbocycles. The predicted octanol–water partition coefficient (Wildman–Crippen LogP) is 1.80. The van der Waals surface area contributed by atoms with E-state index in [1.165, 1.54) is 23.1 Å². The van der Waals surface area contributed by atoms with Crippen LogP contribution in [0.3, 0.4) is 0 Å². The summed E-state index contributed by atoms with van der Waals surface area (Å²) in [6.45, 7) is 4.75. The van der Waals surface area contributed by atoms with Crippen LogP contribution in [-0.4, -0.2) is 20.0 Å². The quantitative estimate of drug-likeness (QED) is 0.887. The highest BCUT2D eigenvalue weighted by molar-refractivity contribution is 8.01. The maximum atomic E-state index is 5.95. The van der Waals surface area contributed by atoms with E-state index in [2.05, 4.69) is 15.3 Å². The van der Waals surface area contributed by atoms with Crippen molar-refractivity contribution in [1.29, 1.82) is 0 Å². The zero-order chi connectivity index (χ0) is 10.8. The minimum Gasteiger partial charge on any atom is -0.395 e. The molecule has 80 valence electrons. The van der Waals surface area contributed by atoms with E-state index in [4.69, 9.17) is 5.73 Å². The Bertz CT molecular complexity index is 448. The molecule has 2 aromatic heterocycles. The number of nitrogens with zero attached hydrogens (tertiary/aromatic N) is 4. The van der Waals surface area contributed by atoms with Crippen molar-refractivity contribution in [3.63, 3.8) is 0 Å². The maximum absolute atomic E-state index is 5.95. The first-order valence-corrected chi connectivity index (χ1v) is 6.19. The summed E-state index contributed by atoms with van der Waals surface area (Å²) in [5, 5.41) is 13.0. The van der Waals surface area contributed by atoms with Crippen LogP contribution < -0.4 is 5.73 Å². The SMILES string of the molecule is CCn1nc(C)c(N)c1Sc1nncs1. The van der Waals surface area contributed by atoms with Gasteiger partial charge in [-0.15, -0.1) is 10.2 Å². The topological polar surface area (TPSA) is 69.6 Å². The van der Waals surface area contributed by atoms with Crippen LogP contribution in [0.5, 0.6) is 0 Å². The Kier molecular flexibility index (Phi) is 2.92. The highest BCUT2D eigenvalue weighted by Gasteiger charge is 2.14. The summed E-state index contributed by atoms with van der Waals surface area (Å²) in [6, 6.07) is 0. The van der Waals surface area contributed by atoms with Gasteiger partial charge >= 0.3 is 0 Å². The monoisotopic (exact) mass is 241 g/mol. The van der Waals surface area contributed by atoms with Gasteiger partial charge in [-0.05, 0) is 25.6 Å². The minimum absolute atomic E-state index is 0.733. The molecule has 0 bridgehead atoms. The molecule has 0 amide bonds. The number of aryl methyl sites for hydroxylation is 2. The second-order valence-corrected chi connectivity index (χ2v) is 5.00. The standard InChI is InChI=1S/C8H11N5S2/c1-3-13-7(6(9)5(2)12-13)15-8-11-10-4-14-8/h4H,3,9H2,1-2H3. The van der Waals surface area contributed by atoms with Crippen molar-refractivity contribution in [2.24, 2.45) is 0 Å². The lowest BCUT2D eigenvalue weighted by Crippen LogP contribution is -1.98. The molecule has 0 aliphatic heterocycles. The van der Waals surface area contributed by atoms with Gasteiger partial charge in [0.2, 0.25) is 0 Å². The number of nitrogens with two attached hydrogens (primary N) is 1. The molecule has 2 N–H and O–H groups in total. The highest BCUT2D eigenvalue weighted by atomic mass is 32.2. The summed E-state index contributed by atoms with van der Waals surface area (Å²) >= 11 is 3.01. The van der Waals surface area contributed by atoms with E-state index in [1.807, 2.05) is 18.5 Å². The average molecular weight is 241 g/mol. The van der Waals surface area contributed by atoms with Crippen molar-refractivity contribution in [2.45, 2.75) is 29.8 Å². The Labute approximate surface area is 95.7 Å². The van der Waals surface area contributed by atoms with E-state index in [9.17, 15) is 0 Å².